The molecule has 0 bridgehead atoms. The molecule has 2 unspecified atom stereocenters. The zero-order valence-electron chi connectivity index (χ0n) is 14.5. The lowest BCUT2D eigenvalue weighted by Gasteiger charge is -2.28. The number of rotatable bonds is 4. The van der Waals surface area contributed by atoms with Crippen LogP contribution in [0.15, 0.2) is 33.3 Å². The molecule has 4 rings (SSSR count). The summed E-state index contributed by atoms with van der Waals surface area (Å²) in [5, 5.41) is 3.20. The number of likely N-dealkylation sites (tertiary alicyclic amines) is 1. The van der Waals surface area contributed by atoms with Gasteiger partial charge in [0.1, 0.15) is 23.9 Å². The minimum Gasteiger partial charge on any atom is -0.469 e. The van der Waals surface area contributed by atoms with Crippen LogP contribution in [-0.4, -0.2) is 24.6 Å². The second-order valence-corrected chi connectivity index (χ2v) is 6.78. The van der Waals surface area contributed by atoms with E-state index < -0.39 is 0 Å². The van der Waals surface area contributed by atoms with Gasteiger partial charge in [-0.3, -0.25) is 0 Å². The monoisotopic (exact) mass is 344 g/mol. The number of methoxy groups -OCH3 is 1. The van der Waals surface area contributed by atoms with Gasteiger partial charge < -0.3 is 23.8 Å². The van der Waals surface area contributed by atoms with Crippen LogP contribution in [0.1, 0.15) is 60.6 Å². The quantitative estimate of drug-likeness (QED) is 0.912. The van der Waals surface area contributed by atoms with E-state index in [0.29, 0.717) is 6.61 Å². The lowest BCUT2D eigenvalue weighted by Crippen LogP contribution is -2.41. The second-order valence-electron chi connectivity index (χ2n) is 6.78. The number of carbonyl (C=O) groups excluding carboxylic acids is 1. The number of nitrogens with one attached hydrogen (secondary N) is 1. The molecule has 1 N–H and O–H groups in total. The summed E-state index contributed by atoms with van der Waals surface area (Å²) in [6.45, 7) is 1.20. The molecule has 6 heteroatoms. The zero-order valence-corrected chi connectivity index (χ0v) is 14.5. The third-order valence-corrected chi connectivity index (χ3v) is 5.16. The predicted octanol–water partition coefficient (Wildman–Crippen LogP) is 3.94. The first-order chi connectivity index (χ1) is 12.3. The highest BCUT2D eigenvalue weighted by Gasteiger charge is 2.34. The first-order valence-corrected chi connectivity index (χ1v) is 8.97. The van der Waals surface area contributed by atoms with E-state index in [1.807, 2.05) is 23.1 Å². The van der Waals surface area contributed by atoms with Crippen molar-refractivity contribution in [3.8, 4) is 0 Å². The minimum atomic E-state index is -0.0220. The van der Waals surface area contributed by atoms with Crippen LogP contribution in [0, 0.1) is 0 Å². The molecule has 0 aromatic carbocycles. The summed E-state index contributed by atoms with van der Waals surface area (Å²) in [7, 11) is 1.64. The van der Waals surface area contributed by atoms with Gasteiger partial charge >= 0.3 is 6.03 Å². The standard InChI is InChI=1S/C19H24N2O4/c1-23-12-13-7-8-18(25-13)16-5-3-10-21(16)19(22)20-15-4-2-6-17-14(15)9-11-24-17/h7-9,11,15-16H,2-6,10,12H2,1H3,(H,20,22). The lowest BCUT2D eigenvalue weighted by molar-refractivity contribution is 0.155. The number of amides is 2. The van der Waals surface area contributed by atoms with Crippen molar-refractivity contribution in [1.29, 1.82) is 0 Å². The molecule has 6 nitrogen and oxygen atoms in total. The molecule has 2 aromatic heterocycles. The summed E-state index contributed by atoms with van der Waals surface area (Å²) in [4.78, 5) is 14.8. The summed E-state index contributed by atoms with van der Waals surface area (Å²) >= 11 is 0. The van der Waals surface area contributed by atoms with Crippen molar-refractivity contribution in [3.05, 3.63) is 47.3 Å². The van der Waals surface area contributed by atoms with Gasteiger partial charge in [0.2, 0.25) is 0 Å². The van der Waals surface area contributed by atoms with Crippen molar-refractivity contribution in [2.45, 2.75) is 50.8 Å². The minimum absolute atomic E-state index is 0.00184. The summed E-state index contributed by atoms with van der Waals surface area (Å²) in [5.74, 6) is 2.64. The zero-order chi connectivity index (χ0) is 17.2. The Morgan fingerprint density at radius 1 is 1.32 bits per heavy atom. The van der Waals surface area contributed by atoms with Gasteiger partial charge in [-0.05, 0) is 43.9 Å². The van der Waals surface area contributed by atoms with Crippen LogP contribution in [0.3, 0.4) is 0 Å². The van der Waals surface area contributed by atoms with Gasteiger partial charge in [-0.2, -0.15) is 0 Å². The number of urea groups is 1. The molecule has 2 atom stereocenters. The lowest BCUT2D eigenvalue weighted by atomic mass is 9.93. The fourth-order valence-corrected chi connectivity index (χ4v) is 3.97. The Morgan fingerprint density at radius 3 is 3.12 bits per heavy atom. The maximum absolute atomic E-state index is 12.9. The Labute approximate surface area is 147 Å². The molecule has 1 fully saturated rings. The number of ether oxygens (including phenoxy) is 1. The third-order valence-electron chi connectivity index (χ3n) is 5.16. The van der Waals surface area contributed by atoms with Crippen LogP contribution < -0.4 is 5.32 Å². The molecular weight excluding hydrogens is 320 g/mol. The van der Waals surface area contributed by atoms with Gasteiger partial charge in [0.15, 0.2) is 0 Å². The summed E-state index contributed by atoms with van der Waals surface area (Å²) in [6, 6.07) is 5.87. The highest BCUT2D eigenvalue weighted by atomic mass is 16.5. The van der Waals surface area contributed by atoms with Gasteiger partial charge in [0, 0.05) is 25.6 Å². The van der Waals surface area contributed by atoms with E-state index in [1.165, 1.54) is 0 Å². The molecular formula is C19H24N2O4. The van der Waals surface area contributed by atoms with E-state index >= 15 is 0 Å². The molecule has 1 aliphatic heterocycles. The molecule has 2 aromatic rings. The molecule has 25 heavy (non-hydrogen) atoms. The Kier molecular flexibility index (Phi) is 4.53. The van der Waals surface area contributed by atoms with Gasteiger partial charge in [-0.15, -0.1) is 0 Å². The SMILES string of the molecule is COCc1ccc(C2CCCN2C(=O)NC2CCCc3occc32)o1. The van der Waals surface area contributed by atoms with Crippen LogP contribution in [0.4, 0.5) is 4.79 Å². The molecule has 134 valence electrons. The molecule has 1 saturated heterocycles. The molecule has 2 amide bonds. The number of fused-ring (bicyclic) bond motifs is 1. The Bertz CT molecular complexity index is 735. The van der Waals surface area contributed by atoms with Crippen LogP contribution in [-0.2, 0) is 17.8 Å². The fourth-order valence-electron chi connectivity index (χ4n) is 3.97. The fraction of sp³-hybridized carbons (Fsp3) is 0.526. The number of aryl methyl sites for hydroxylation is 1. The van der Waals surface area contributed by atoms with Gasteiger partial charge in [-0.25, -0.2) is 4.79 Å². The molecule has 1 aliphatic carbocycles. The summed E-state index contributed by atoms with van der Waals surface area (Å²) in [6.07, 6.45) is 6.57. The van der Waals surface area contributed by atoms with Crippen molar-refractivity contribution >= 4 is 6.03 Å². The number of furan rings is 2. The average Bonchev–Trinajstić information content (AvgIpc) is 3.35. The van der Waals surface area contributed by atoms with Crippen LogP contribution in [0.2, 0.25) is 0 Å². The molecule has 0 saturated carbocycles. The Hall–Kier alpha value is -2.21. The Balaban J connectivity index is 1.46. The largest absolute Gasteiger partial charge is 0.469 e. The predicted molar refractivity (Wildman–Crippen MR) is 91.0 cm³/mol. The average molecular weight is 344 g/mol. The summed E-state index contributed by atoms with van der Waals surface area (Å²) < 4.78 is 16.5. The van der Waals surface area contributed by atoms with Gasteiger partial charge in [0.05, 0.1) is 18.3 Å². The van der Waals surface area contributed by atoms with Gasteiger partial charge in [0.25, 0.3) is 0 Å². The Morgan fingerprint density at radius 2 is 2.24 bits per heavy atom. The highest BCUT2D eigenvalue weighted by Crippen LogP contribution is 2.35. The first-order valence-electron chi connectivity index (χ1n) is 8.97. The van der Waals surface area contributed by atoms with E-state index in [9.17, 15) is 4.79 Å². The number of carbonyl (C=O) groups is 1. The number of hydrogen-bond acceptors (Lipinski definition) is 4. The number of hydrogen-bond donors (Lipinski definition) is 1. The maximum Gasteiger partial charge on any atom is 0.318 e. The van der Waals surface area contributed by atoms with Gasteiger partial charge in [-0.1, -0.05) is 0 Å². The van der Waals surface area contributed by atoms with Crippen molar-refractivity contribution in [1.82, 2.24) is 10.2 Å². The van der Waals surface area contributed by atoms with E-state index in [2.05, 4.69) is 5.32 Å². The van der Waals surface area contributed by atoms with E-state index in [-0.39, 0.29) is 18.1 Å². The summed E-state index contributed by atoms with van der Waals surface area (Å²) in [5.41, 5.74) is 1.12. The van der Waals surface area contributed by atoms with Crippen molar-refractivity contribution in [3.63, 3.8) is 0 Å². The van der Waals surface area contributed by atoms with E-state index in [0.717, 1.165) is 61.5 Å². The first kappa shape index (κ1) is 16.3. The highest BCUT2D eigenvalue weighted by molar-refractivity contribution is 5.75. The van der Waals surface area contributed by atoms with Crippen molar-refractivity contribution in [2.75, 3.05) is 13.7 Å². The van der Waals surface area contributed by atoms with E-state index in [1.54, 1.807) is 13.4 Å². The molecule has 0 spiro atoms. The topological polar surface area (TPSA) is 67.8 Å². The molecule has 2 aliphatic rings. The van der Waals surface area contributed by atoms with Crippen LogP contribution in [0.25, 0.3) is 0 Å². The van der Waals surface area contributed by atoms with Crippen LogP contribution >= 0.6 is 0 Å². The number of nitrogens with zero attached hydrogens (tertiary/aromatic N) is 1. The van der Waals surface area contributed by atoms with E-state index in [4.69, 9.17) is 13.6 Å². The smallest absolute Gasteiger partial charge is 0.318 e. The normalized spacial score (nSPS) is 22.8. The molecule has 0 radical (unpaired) electrons. The second kappa shape index (κ2) is 6.96. The molecule has 3 heterocycles. The van der Waals surface area contributed by atoms with Crippen LogP contribution in [0.5, 0.6) is 0 Å². The third kappa shape index (κ3) is 3.18. The van der Waals surface area contributed by atoms with Crippen molar-refractivity contribution in [2.24, 2.45) is 0 Å². The van der Waals surface area contributed by atoms with Crippen molar-refractivity contribution < 1.29 is 18.4 Å². The maximum atomic E-state index is 12.9.